The molecule has 0 amide bonds. The Morgan fingerprint density at radius 3 is 2.17 bits per heavy atom. The molecule has 0 saturated heterocycles. The van der Waals surface area contributed by atoms with Crippen molar-refractivity contribution in [2.75, 3.05) is 5.73 Å². The van der Waals surface area contributed by atoms with Gasteiger partial charge < -0.3 is 5.73 Å². The summed E-state index contributed by atoms with van der Waals surface area (Å²) in [7, 11) is 0. The number of pyridine rings is 1. The molecule has 4 rings (SSSR count). The summed E-state index contributed by atoms with van der Waals surface area (Å²) >= 11 is 0. The average Bonchev–Trinajstić information content (AvgIpc) is 3.36. The van der Waals surface area contributed by atoms with Crippen LogP contribution in [-0.4, -0.2) is 4.98 Å². The number of halogens is 3. The molecule has 2 aliphatic carbocycles. The summed E-state index contributed by atoms with van der Waals surface area (Å²) in [4.78, 5) is 4.17. The van der Waals surface area contributed by atoms with Crippen molar-refractivity contribution in [1.29, 1.82) is 0 Å². The Bertz CT molecular complexity index is 759. The van der Waals surface area contributed by atoms with Gasteiger partial charge in [-0.3, -0.25) is 0 Å². The van der Waals surface area contributed by atoms with Crippen LogP contribution in [0, 0.1) is 11.8 Å². The topological polar surface area (TPSA) is 38.9 Å². The first-order valence-electron chi connectivity index (χ1n) is 8.20. The fraction of sp³-hybridized carbons (Fsp3) is 0.500. The summed E-state index contributed by atoms with van der Waals surface area (Å²) in [5.74, 6) is 1.50. The second-order valence-electron chi connectivity index (χ2n) is 6.95. The first-order valence-corrected chi connectivity index (χ1v) is 8.20. The number of fused-ring (bicyclic) bond motifs is 1. The van der Waals surface area contributed by atoms with E-state index in [9.17, 15) is 13.2 Å². The molecule has 122 valence electrons. The summed E-state index contributed by atoms with van der Waals surface area (Å²) in [6.07, 6.45) is 1.95. The molecular weight excluding hydrogens is 301 g/mol. The fourth-order valence-electron chi connectivity index (χ4n) is 3.32. The Kier molecular flexibility index (Phi) is 3.29. The Hall–Kier alpha value is -1.78. The van der Waals surface area contributed by atoms with Crippen molar-refractivity contribution in [3.05, 3.63) is 34.9 Å². The number of nitrogens with zero attached hydrogens (tertiary/aromatic N) is 1. The normalized spacial score (nSPS) is 18.6. The molecule has 0 unspecified atom stereocenters. The van der Waals surface area contributed by atoms with Crippen molar-refractivity contribution in [1.82, 2.24) is 4.98 Å². The Morgan fingerprint density at radius 2 is 1.61 bits per heavy atom. The van der Waals surface area contributed by atoms with Crippen molar-refractivity contribution < 1.29 is 13.2 Å². The van der Waals surface area contributed by atoms with Crippen LogP contribution in [0.1, 0.15) is 42.4 Å². The van der Waals surface area contributed by atoms with Crippen LogP contribution >= 0.6 is 0 Å². The molecule has 5 heteroatoms. The number of alkyl halides is 3. The number of nitrogens with two attached hydrogens (primary N) is 1. The summed E-state index contributed by atoms with van der Waals surface area (Å²) in [6.45, 7) is 0. The van der Waals surface area contributed by atoms with Gasteiger partial charge in [0.15, 0.2) is 0 Å². The number of hydrogen-bond acceptors (Lipinski definition) is 2. The van der Waals surface area contributed by atoms with E-state index in [0.29, 0.717) is 17.2 Å². The highest BCUT2D eigenvalue weighted by Crippen LogP contribution is 2.42. The third-order valence-electron chi connectivity index (χ3n) is 4.95. The molecule has 2 aromatic rings. The van der Waals surface area contributed by atoms with Gasteiger partial charge in [0.2, 0.25) is 0 Å². The van der Waals surface area contributed by atoms with E-state index in [1.165, 1.54) is 18.9 Å². The van der Waals surface area contributed by atoms with Gasteiger partial charge in [-0.25, -0.2) is 4.98 Å². The Balaban J connectivity index is 1.93. The van der Waals surface area contributed by atoms with E-state index < -0.39 is 11.7 Å². The summed E-state index contributed by atoms with van der Waals surface area (Å²) in [5, 5.41) is 0.636. The van der Waals surface area contributed by atoms with Crippen LogP contribution < -0.4 is 5.73 Å². The molecule has 0 atom stereocenters. The van der Waals surface area contributed by atoms with Gasteiger partial charge in [-0.05, 0) is 67.6 Å². The lowest BCUT2D eigenvalue weighted by Gasteiger charge is -2.17. The minimum absolute atomic E-state index is 0.00713. The number of benzene rings is 1. The number of aromatic nitrogens is 1. The predicted molar refractivity (Wildman–Crippen MR) is 84.0 cm³/mol. The smallest absolute Gasteiger partial charge is 0.383 e. The molecule has 0 radical (unpaired) electrons. The van der Waals surface area contributed by atoms with E-state index in [1.54, 1.807) is 6.07 Å². The van der Waals surface area contributed by atoms with Gasteiger partial charge in [0.25, 0.3) is 0 Å². The number of hydrogen-bond donors (Lipinski definition) is 1. The molecule has 23 heavy (non-hydrogen) atoms. The summed E-state index contributed by atoms with van der Waals surface area (Å²) in [5.41, 5.74) is 7.42. The maximum Gasteiger partial charge on any atom is 0.418 e. The maximum absolute atomic E-state index is 13.3. The Labute approximate surface area is 132 Å². The van der Waals surface area contributed by atoms with E-state index in [0.717, 1.165) is 42.9 Å². The van der Waals surface area contributed by atoms with Crippen molar-refractivity contribution in [3.8, 4) is 0 Å². The van der Waals surface area contributed by atoms with Crippen molar-refractivity contribution in [3.63, 3.8) is 0 Å². The molecule has 2 saturated carbocycles. The quantitative estimate of drug-likeness (QED) is 0.883. The van der Waals surface area contributed by atoms with Gasteiger partial charge in [0.05, 0.1) is 11.1 Å². The van der Waals surface area contributed by atoms with Crippen molar-refractivity contribution >= 4 is 16.7 Å². The lowest BCUT2D eigenvalue weighted by Crippen LogP contribution is -2.11. The van der Waals surface area contributed by atoms with Gasteiger partial charge in [0, 0.05) is 5.39 Å². The van der Waals surface area contributed by atoms with Crippen LogP contribution in [0.4, 0.5) is 19.0 Å². The lowest BCUT2D eigenvalue weighted by atomic mass is 9.93. The highest BCUT2D eigenvalue weighted by molar-refractivity contribution is 5.88. The van der Waals surface area contributed by atoms with E-state index >= 15 is 0 Å². The van der Waals surface area contributed by atoms with Crippen LogP contribution in [0.2, 0.25) is 0 Å². The zero-order valence-electron chi connectivity index (χ0n) is 12.8. The molecule has 1 aromatic carbocycles. The zero-order valence-corrected chi connectivity index (χ0v) is 12.8. The second-order valence-corrected chi connectivity index (χ2v) is 6.95. The van der Waals surface area contributed by atoms with Crippen LogP contribution in [0.25, 0.3) is 10.9 Å². The monoisotopic (exact) mass is 320 g/mol. The van der Waals surface area contributed by atoms with Crippen molar-refractivity contribution in [2.45, 2.75) is 44.7 Å². The first-order chi connectivity index (χ1) is 10.9. The molecule has 0 aliphatic heterocycles. The number of rotatable bonds is 4. The van der Waals surface area contributed by atoms with Crippen LogP contribution in [0.5, 0.6) is 0 Å². The van der Waals surface area contributed by atoms with Crippen LogP contribution in [0.15, 0.2) is 18.2 Å². The third kappa shape index (κ3) is 2.89. The Morgan fingerprint density at radius 1 is 1.00 bits per heavy atom. The molecule has 0 spiro atoms. The molecule has 1 heterocycles. The SMILES string of the molecule is Nc1nc2c(C(F)(F)F)cccc2c(CC2CC2)c1CC1CC1. The van der Waals surface area contributed by atoms with Gasteiger partial charge >= 0.3 is 6.18 Å². The van der Waals surface area contributed by atoms with Gasteiger partial charge in [-0.2, -0.15) is 13.2 Å². The highest BCUT2D eigenvalue weighted by atomic mass is 19.4. The summed E-state index contributed by atoms with van der Waals surface area (Å²) < 4.78 is 39.9. The summed E-state index contributed by atoms with van der Waals surface area (Å²) in [6, 6.07) is 4.35. The minimum Gasteiger partial charge on any atom is -0.383 e. The number of para-hydroxylation sites is 1. The van der Waals surface area contributed by atoms with Gasteiger partial charge in [-0.15, -0.1) is 0 Å². The average molecular weight is 320 g/mol. The number of anilines is 1. The van der Waals surface area contributed by atoms with Crippen molar-refractivity contribution in [2.24, 2.45) is 11.8 Å². The maximum atomic E-state index is 13.3. The van der Waals surface area contributed by atoms with E-state index in [-0.39, 0.29) is 11.3 Å². The molecule has 0 bridgehead atoms. The third-order valence-corrected chi connectivity index (χ3v) is 4.95. The fourth-order valence-corrected chi connectivity index (χ4v) is 3.32. The molecule has 2 aliphatic rings. The minimum atomic E-state index is -4.41. The number of nitrogen functional groups attached to an aromatic ring is 1. The second kappa shape index (κ2) is 5.11. The van der Waals surface area contributed by atoms with E-state index in [4.69, 9.17) is 5.73 Å². The molecule has 1 aromatic heterocycles. The molecule has 2 fully saturated rings. The molecule has 2 nitrogen and oxygen atoms in total. The van der Waals surface area contributed by atoms with Crippen LogP contribution in [-0.2, 0) is 19.0 Å². The standard InChI is InChI=1S/C18H19F3N2/c19-18(20,21)15-3-1-2-12-13(8-10-4-5-10)14(9-11-6-7-11)17(22)23-16(12)15/h1-3,10-11H,4-9H2,(H2,22,23). The zero-order chi connectivity index (χ0) is 16.2. The van der Waals surface area contributed by atoms with Gasteiger partial charge in [0.1, 0.15) is 5.82 Å². The lowest BCUT2D eigenvalue weighted by molar-refractivity contribution is -0.136. The van der Waals surface area contributed by atoms with E-state index in [1.807, 2.05) is 0 Å². The molecule has 2 N–H and O–H groups in total. The van der Waals surface area contributed by atoms with E-state index in [2.05, 4.69) is 4.98 Å². The molecular formula is C18H19F3N2. The highest BCUT2D eigenvalue weighted by Gasteiger charge is 2.35. The van der Waals surface area contributed by atoms with Crippen LogP contribution in [0.3, 0.4) is 0 Å². The predicted octanol–water partition coefficient (Wildman–Crippen LogP) is 4.74. The largest absolute Gasteiger partial charge is 0.418 e. The van der Waals surface area contributed by atoms with Gasteiger partial charge in [-0.1, -0.05) is 12.1 Å². The first kappa shape index (κ1) is 14.8.